The molecule has 0 atom stereocenters. The molecule has 1 heterocycles. The lowest BCUT2D eigenvalue weighted by atomic mass is 10.1. The lowest BCUT2D eigenvalue weighted by Crippen LogP contribution is -2.24. The minimum atomic E-state index is -0.434. The SMILES string of the molecule is Cc1c(CNC(=O)c2cccc(Br)n2)cccc1[N+](=O)[O-]. The maximum Gasteiger partial charge on any atom is 0.272 e. The summed E-state index contributed by atoms with van der Waals surface area (Å²) in [7, 11) is 0. The fourth-order valence-corrected chi connectivity index (χ4v) is 2.20. The van der Waals surface area contributed by atoms with Gasteiger partial charge in [-0.1, -0.05) is 18.2 Å². The van der Waals surface area contributed by atoms with Gasteiger partial charge in [0.05, 0.1) is 4.92 Å². The van der Waals surface area contributed by atoms with E-state index in [0.717, 1.165) is 0 Å². The second-order valence-electron chi connectivity index (χ2n) is 4.35. The number of carbonyl (C=O) groups is 1. The van der Waals surface area contributed by atoms with E-state index in [9.17, 15) is 14.9 Å². The number of aromatic nitrogens is 1. The molecular weight excluding hydrogens is 338 g/mol. The lowest BCUT2D eigenvalue weighted by molar-refractivity contribution is -0.385. The number of rotatable bonds is 4. The normalized spacial score (nSPS) is 10.2. The van der Waals surface area contributed by atoms with Crippen LogP contribution in [0.2, 0.25) is 0 Å². The van der Waals surface area contributed by atoms with Gasteiger partial charge in [-0.25, -0.2) is 4.98 Å². The first-order valence-electron chi connectivity index (χ1n) is 6.12. The van der Waals surface area contributed by atoms with Crippen LogP contribution in [0.15, 0.2) is 41.0 Å². The van der Waals surface area contributed by atoms with Crippen LogP contribution < -0.4 is 5.32 Å². The Labute approximate surface area is 129 Å². The third-order valence-corrected chi connectivity index (χ3v) is 3.44. The van der Waals surface area contributed by atoms with E-state index < -0.39 is 4.92 Å². The maximum atomic E-state index is 12.0. The van der Waals surface area contributed by atoms with E-state index in [1.54, 1.807) is 37.3 Å². The summed E-state index contributed by atoms with van der Waals surface area (Å²) in [6.07, 6.45) is 0. The van der Waals surface area contributed by atoms with Gasteiger partial charge in [-0.05, 0) is 40.5 Å². The van der Waals surface area contributed by atoms with Crippen LogP contribution in [0.3, 0.4) is 0 Å². The van der Waals surface area contributed by atoms with Crippen molar-refractivity contribution in [3.8, 4) is 0 Å². The molecule has 2 rings (SSSR count). The molecule has 2 aromatic rings. The van der Waals surface area contributed by atoms with Crippen LogP contribution in [0, 0.1) is 17.0 Å². The summed E-state index contributed by atoms with van der Waals surface area (Å²) in [5, 5.41) is 13.6. The second kappa shape index (κ2) is 6.45. The first-order valence-corrected chi connectivity index (χ1v) is 6.92. The monoisotopic (exact) mass is 349 g/mol. The Morgan fingerprint density at radius 3 is 2.71 bits per heavy atom. The molecule has 0 saturated heterocycles. The highest BCUT2D eigenvalue weighted by Gasteiger charge is 2.14. The molecule has 0 aliphatic rings. The minimum absolute atomic E-state index is 0.0438. The minimum Gasteiger partial charge on any atom is -0.347 e. The van der Waals surface area contributed by atoms with Crippen molar-refractivity contribution >= 4 is 27.5 Å². The van der Waals surface area contributed by atoms with Crippen LogP contribution >= 0.6 is 15.9 Å². The fourth-order valence-electron chi connectivity index (χ4n) is 1.86. The van der Waals surface area contributed by atoms with Gasteiger partial charge < -0.3 is 5.32 Å². The molecule has 0 spiro atoms. The van der Waals surface area contributed by atoms with Crippen LogP contribution in [0.4, 0.5) is 5.69 Å². The number of nitro benzene ring substituents is 1. The quantitative estimate of drug-likeness (QED) is 0.522. The summed E-state index contributed by atoms with van der Waals surface area (Å²) in [5.41, 5.74) is 1.58. The zero-order valence-electron chi connectivity index (χ0n) is 11.2. The summed E-state index contributed by atoms with van der Waals surface area (Å²) in [5.74, 6) is -0.331. The average molecular weight is 350 g/mol. The van der Waals surface area contributed by atoms with Gasteiger partial charge in [0.1, 0.15) is 10.3 Å². The van der Waals surface area contributed by atoms with Gasteiger partial charge in [0.25, 0.3) is 11.6 Å². The molecule has 0 aliphatic heterocycles. The van der Waals surface area contributed by atoms with Crippen LogP contribution in [0.5, 0.6) is 0 Å². The Balaban J connectivity index is 2.12. The van der Waals surface area contributed by atoms with Crippen molar-refractivity contribution in [3.05, 3.63) is 67.9 Å². The van der Waals surface area contributed by atoms with Gasteiger partial charge in [-0.2, -0.15) is 0 Å². The summed E-state index contributed by atoms with van der Waals surface area (Å²) in [6, 6.07) is 9.82. The van der Waals surface area contributed by atoms with Crippen LogP contribution in [-0.2, 0) is 6.54 Å². The lowest BCUT2D eigenvalue weighted by Gasteiger charge is -2.08. The van der Waals surface area contributed by atoms with Crippen LogP contribution in [0.1, 0.15) is 21.6 Å². The molecule has 0 bridgehead atoms. The molecule has 0 unspecified atom stereocenters. The Kier molecular flexibility index (Phi) is 4.64. The molecule has 0 aliphatic carbocycles. The maximum absolute atomic E-state index is 12.0. The highest BCUT2D eigenvalue weighted by molar-refractivity contribution is 9.10. The Hall–Kier alpha value is -2.28. The van der Waals surface area contributed by atoms with Gasteiger partial charge in [0.2, 0.25) is 0 Å². The zero-order valence-corrected chi connectivity index (χ0v) is 12.8. The molecule has 6 nitrogen and oxygen atoms in total. The number of nitro groups is 1. The Bertz CT molecular complexity index is 704. The molecule has 1 aromatic carbocycles. The summed E-state index contributed by atoms with van der Waals surface area (Å²) in [4.78, 5) is 26.5. The second-order valence-corrected chi connectivity index (χ2v) is 5.16. The first-order chi connectivity index (χ1) is 9.99. The molecule has 1 amide bonds. The number of halogens is 1. The molecule has 7 heteroatoms. The number of hydrogen-bond donors (Lipinski definition) is 1. The standard InChI is InChI=1S/C14H12BrN3O3/c1-9-10(4-2-6-12(9)18(20)21)8-16-14(19)11-5-3-7-13(15)17-11/h2-7H,8H2,1H3,(H,16,19). The van der Waals surface area contributed by atoms with Crippen molar-refractivity contribution in [3.63, 3.8) is 0 Å². The number of benzene rings is 1. The van der Waals surface area contributed by atoms with Gasteiger partial charge >= 0.3 is 0 Å². The van der Waals surface area contributed by atoms with Crippen LogP contribution in [-0.4, -0.2) is 15.8 Å². The summed E-state index contributed by atoms with van der Waals surface area (Å²) < 4.78 is 0.571. The molecular formula is C14H12BrN3O3. The smallest absolute Gasteiger partial charge is 0.272 e. The largest absolute Gasteiger partial charge is 0.347 e. The van der Waals surface area contributed by atoms with Crippen molar-refractivity contribution < 1.29 is 9.72 Å². The van der Waals surface area contributed by atoms with Gasteiger partial charge in [-0.15, -0.1) is 0 Å². The molecule has 0 radical (unpaired) electrons. The van der Waals surface area contributed by atoms with E-state index in [0.29, 0.717) is 15.7 Å². The van der Waals surface area contributed by atoms with Crippen molar-refractivity contribution in [2.75, 3.05) is 0 Å². The Morgan fingerprint density at radius 2 is 2.05 bits per heavy atom. The highest BCUT2D eigenvalue weighted by Crippen LogP contribution is 2.20. The number of hydrogen-bond acceptors (Lipinski definition) is 4. The van der Waals surface area contributed by atoms with E-state index in [2.05, 4.69) is 26.2 Å². The number of nitrogens with zero attached hydrogens (tertiary/aromatic N) is 2. The first kappa shape index (κ1) is 15.1. The number of pyridine rings is 1. The molecule has 1 N–H and O–H groups in total. The number of nitrogens with one attached hydrogen (secondary N) is 1. The third kappa shape index (κ3) is 3.63. The van der Waals surface area contributed by atoms with Crippen molar-refractivity contribution in [1.29, 1.82) is 0 Å². The van der Waals surface area contributed by atoms with E-state index in [-0.39, 0.29) is 23.8 Å². The average Bonchev–Trinajstić information content (AvgIpc) is 2.45. The number of carbonyl (C=O) groups excluding carboxylic acids is 1. The van der Waals surface area contributed by atoms with Gasteiger partial charge in [-0.3, -0.25) is 14.9 Å². The number of amides is 1. The molecule has 0 saturated carbocycles. The molecule has 108 valence electrons. The van der Waals surface area contributed by atoms with Crippen LogP contribution in [0.25, 0.3) is 0 Å². The van der Waals surface area contributed by atoms with E-state index in [4.69, 9.17) is 0 Å². The molecule has 1 aromatic heterocycles. The van der Waals surface area contributed by atoms with Gasteiger partial charge in [0, 0.05) is 18.2 Å². The predicted octanol–water partition coefficient (Wildman–Crippen LogP) is 2.99. The van der Waals surface area contributed by atoms with Crippen molar-refractivity contribution in [2.45, 2.75) is 13.5 Å². The van der Waals surface area contributed by atoms with E-state index in [1.807, 2.05) is 0 Å². The zero-order chi connectivity index (χ0) is 15.4. The fraction of sp³-hybridized carbons (Fsp3) is 0.143. The topological polar surface area (TPSA) is 85.1 Å². The molecule has 21 heavy (non-hydrogen) atoms. The predicted molar refractivity (Wildman–Crippen MR) is 80.9 cm³/mol. The van der Waals surface area contributed by atoms with Gasteiger partial charge in [0.15, 0.2) is 0 Å². The Morgan fingerprint density at radius 1 is 1.33 bits per heavy atom. The molecule has 0 fully saturated rings. The van der Waals surface area contributed by atoms with Crippen molar-refractivity contribution in [2.24, 2.45) is 0 Å². The highest BCUT2D eigenvalue weighted by atomic mass is 79.9. The van der Waals surface area contributed by atoms with Crippen molar-refractivity contribution in [1.82, 2.24) is 10.3 Å². The summed E-state index contributed by atoms with van der Waals surface area (Å²) >= 11 is 3.20. The third-order valence-electron chi connectivity index (χ3n) is 3.00. The summed E-state index contributed by atoms with van der Waals surface area (Å²) in [6.45, 7) is 1.87. The van der Waals surface area contributed by atoms with E-state index >= 15 is 0 Å². The van der Waals surface area contributed by atoms with E-state index in [1.165, 1.54) is 6.07 Å².